The van der Waals surface area contributed by atoms with Crippen LogP contribution in [0, 0.1) is 5.92 Å². The van der Waals surface area contributed by atoms with Crippen molar-refractivity contribution in [2.75, 3.05) is 13.7 Å². The Morgan fingerprint density at radius 2 is 2.31 bits per heavy atom. The summed E-state index contributed by atoms with van der Waals surface area (Å²) < 4.78 is 5.01. The molecule has 1 rings (SSSR count). The molecule has 1 unspecified atom stereocenters. The number of rotatable bonds is 2. The monoisotopic (exact) mass is 204 g/mol. The van der Waals surface area contributed by atoms with Gasteiger partial charge >= 0.3 is 0 Å². The molecule has 0 aliphatic carbocycles. The third-order valence-corrected chi connectivity index (χ3v) is 1.75. The minimum atomic E-state index is -0.390. The van der Waals surface area contributed by atoms with E-state index in [4.69, 9.17) is 10.5 Å². The lowest BCUT2D eigenvalue weighted by molar-refractivity contribution is -0.121. The zero-order chi connectivity index (χ0) is 9.14. The molecule has 0 aromatic rings. The Labute approximate surface area is 83.3 Å². The van der Waals surface area contributed by atoms with Crippen molar-refractivity contribution in [3.05, 3.63) is 11.8 Å². The topological polar surface area (TPSA) is 64.7 Å². The lowest BCUT2D eigenvalue weighted by atomic mass is 10.0. The Hall–Kier alpha value is -0.870. The van der Waals surface area contributed by atoms with E-state index >= 15 is 0 Å². The molecule has 0 aromatic heterocycles. The van der Waals surface area contributed by atoms with Crippen LogP contribution in [0.4, 0.5) is 0 Å². The number of aliphatic imine (C=N–C) groups is 1. The van der Waals surface area contributed by atoms with E-state index in [2.05, 4.69) is 4.99 Å². The summed E-state index contributed by atoms with van der Waals surface area (Å²) in [6, 6.07) is 0. The normalized spacial score (nSPS) is 21.5. The molecule has 74 valence electrons. The minimum Gasteiger partial charge on any atom is -0.500 e. The van der Waals surface area contributed by atoms with Gasteiger partial charge in [0.2, 0.25) is 0 Å². The average Bonchev–Trinajstić information content (AvgIpc) is 2.03. The van der Waals surface area contributed by atoms with Crippen LogP contribution in [0.2, 0.25) is 0 Å². The average molecular weight is 205 g/mol. The van der Waals surface area contributed by atoms with Gasteiger partial charge in [0.25, 0.3) is 5.91 Å². The number of methoxy groups -OCH3 is 1. The van der Waals surface area contributed by atoms with Crippen molar-refractivity contribution in [2.45, 2.75) is 6.92 Å². The van der Waals surface area contributed by atoms with E-state index in [1.807, 2.05) is 0 Å². The molecule has 13 heavy (non-hydrogen) atoms. The number of hydrogen-bond acceptors (Lipinski definition) is 3. The smallest absolute Gasteiger partial charge is 0.257 e. The van der Waals surface area contributed by atoms with Crippen molar-refractivity contribution in [1.82, 2.24) is 0 Å². The van der Waals surface area contributed by atoms with Crippen LogP contribution in [-0.4, -0.2) is 25.3 Å². The van der Waals surface area contributed by atoms with Gasteiger partial charge in [-0.3, -0.25) is 4.79 Å². The molecule has 2 N–H and O–H groups in total. The van der Waals surface area contributed by atoms with Gasteiger partial charge in [-0.1, -0.05) is 0 Å². The molecule has 0 fully saturated rings. The standard InChI is InChI=1S/C8H12N2O2.ClH/c1-5-3-7(12-2)6(4-9)8(11)10-5;/h3,6H,4,9H2,1-2H3;1H. The van der Waals surface area contributed by atoms with Crippen molar-refractivity contribution in [3.8, 4) is 0 Å². The number of allylic oxidation sites excluding steroid dienone is 1. The summed E-state index contributed by atoms with van der Waals surface area (Å²) in [6.45, 7) is 2.00. The van der Waals surface area contributed by atoms with E-state index in [1.165, 1.54) is 7.11 Å². The summed E-state index contributed by atoms with van der Waals surface area (Å²) in [6.07, 6.45) is 1.74. The first-order valence-corrected chi connectivity index (χ1v) is 3.73. The first-order chi connectivity index (χ1) is 5.69. The van der Waals surface area contributed by atoms with Crippen molar-refractivity contribution < 1.29 is 9.53 Å². The van der Waals surface area contributed by atoms with E-state index in [-0.39, 0.29) is 24.9 Å². The quantitative estimate of drug-likeness (QED) is 0.713. The number of carbonyl (C=O) groups is 1. The molecule has 4 nitrogen and oxygen atoms in total. The number of nitrogens with two attached hydrogens (primary N) is 1. The van der Waals surface area contributed by atoms with Gasteiger partial charge in [-0.25, -0.2) is 4.99 Å². The van der Waals surface area contributed by atoms with E-state index in [9.17, 15) is 4.79 Å². The Morgan fingerprint density at radius 3 is 2.77 bits per heavy atom. The maximum Gasteiger partial charge on any atom is 0.257 e. The molecule has 1 aliphatic rings. The highest BCUT2D eigenvalue weighted by Crippen LogP contribution is 2.16. The molecule has 0 aromatic carbocycles. The first kappa shape index (κ1) is 12.1. The number of ether oxygens (including phenoxy) is 1. The van der Waals surface area contributed by atoms with Gasteiger partial charge in [-0.05, 0) is 13.0 Å². The highest BCUT2D eigenvalue weighted by molar-refractivity contribution is 6.05. The number of amides is 1. The van der Waals surface area contributed by atoms with Crippen LogP contribution in [-0.2, 0) is 9.53 Å². The summed E-state index contributed by atoms with van der Waals surface area (Å²) in [5, 5.41) is 0. The molecular formula is C8H13ClN2O2. The highest BCUT2D eigenvalue weighted by Gasteiger charge is 2.25. The lowest BCUT2D eigenvalue weighted by Crippen LogP contribution is -2.28. The van der Waals surface area contributed by atoms with E-state index in [0.29, 0.717) is 11.5 Å². The van der Waals surface area contributed by atoms with Gasteiger partial charge in [0.05, 0.1) is 7.11 Å². The highest BCUT2D eigenvalue weighted by atomic mass is 35.5. The number of hydrogen-bond donors (Lipinski definition) is 1. The fourth-order valence-electron chi connectivity index (χ4n) is 1.13. The number of nitrogens with zero attached hydrogens (tertiary/aromatic N) is 1. The second-order valence-electron chi connectivity index (χ2n) is 2.63. The predicted molar refractivity (Wildman–Crippen MR) is 53.0 cm³/mol. The summed E-state index contributed by atoms with van der Waals surface area (Å²) in [4.78, 5) is 15.0. The number of dihydropyridines is 1. The Morgan fingerprint density at radius 1 is 1.69 bits per heavy atom. The van der Waals surface area contributed by atoms with Crippen LogP contribution in [0.1, 0.15) is 6.92 Å². The van der Waals surface area contributed by atoms with Gasteiger partial charge in [0.1, 0.15) is 11.7 Å². The summed E-state index contributed by atoms with van der Waals surface area (Å²) >= 11 is 0. The van der Waals surface area contributed by atoms with Gasteiger partial charge < -0.3 is 10.5 Å². The third kappa shape index (κ3) is 2.54. The van der Waals surface area contributed by atoms with Gasteiger partial charge in [0.15, 0.2) is 0 Å². The molecule has 0 radical (unpaired) electrons. The molecule has 5 heteroatoms. The van der Waals surface area contributed by atoms with Crippen LogP contribution in [0.5, 0.6) is 0 Å². The van der Waals surface area contributed by atoms with Crippen LogP contribution < -0.4 is 5.73 Å². The largest absolute Gasteiger partial charge is 0.500 e. The SMILES string of the molecule is COC1=CC(C)=NC(=O)C1CN.Cl. The van der Waals surface area contributed by atoms with Gasteiger partial charge in [0, 0.05) is 12.3 Å². The Kier molecular flexibility index (Phi) is 4.66. The molecule has 1 atom stereocenters. The van der Waals surface area contributed by atoms with Crippen LogP contribution in [0.3, 0.4) is 0 Å². The second kappa shape index (κ2) is 4.99. The summed E-state index contributed by atoms with van der Waals surface area (Å²) in [7, 11) is 1.53. The maximum atomic E-state index is 11.2. The molecule has 0 spiro atoms. The maximum absolute atomic E-state index is 11.2. The van der Waals surface area contributed by atoms with E-state index < -0.39 is 5.92 Å². The van der Waals surface area contributed by atoms with E-state index in [0.717, 1.165) is 0 Å². The zero-order valence-electron chi connectivity index (χ0n) is 7.61. The first-order valence-electron chi connectivity index (χ1n) is 3.73. The second-order valence-corrected chi connectivity index (χ2v) is 2.63. The van der Waals surface area contributed by atoms with Crippen LogP contribution in [0.15, 0.2) is 16.8 Å². The number of carbonyl (C=O) groups excluding carboxylic acids is 1. The molecule has 0 saturated carbocycles. The van der Waals surface area contributed by atoms with Crippen molar-refractivity contribution in [3.63, 3.8) is 0 Å². The third-order valence-electron chi connectivity index (χ3n) is 1.75. The van der Waals surface area contributed by atoms with Crippen molar-refractivity contribution in [1.29, 1.82) is 0 Å². The minimum absolute atomic E-state index is 0. The van der Waals surface area contributed by atoms with Crippen molar-refractivity contribution in [2.24, 2.45) is 16.6 Å². The fraction of sp³-hybridized carbons (Fsp3) is 0.500. The summed E-state index contributed by atoms with van der Waals surface area (Å²) in [5.74, 6) is 0.00282. The Balaban J connectivity index is 0.00000144. The molecule has 0 bridgehead atoms. The van der Waals surface area contributed by atoms with Gasteiger partial charge in [-0.2, -0.15) is 0 Å². The molecule has 1 amide bonds. The molecule has 1 aliphatic heterocycles. The molecule has 1 heterocycles. The summed E-state index contributed by atoms with van der Waals surface area (Å²) in [5.41, 5.74) is 6.06. The van der Waals surface area contributed by atoms with E-state index in [1.54, 1.807) is 13.0 Å². The lowest BCUT2D eigenvalue weighted by Gasteiger charge is -2.17. The molecule has 0 saturated heterocycles. The zero-order valence-corrected chi connectivity index (χ0v) is 8.43. The number of halogens is 1. The van der Waals surface area contributed by atoms with Crippen LogP contribution in [0.25, 0.3) is 0 Å². The molecular weight excluding hydrogens is 192 g/mol. The van der Waals surface area contributed by atoms with Crippen molar-refractivity contribution >= 4 is 24.0 Å². The van der Waals surface area contributed by atoms with Gasteiger partial charge in [-0.15, -0.1) is 12.4 Å². The fourth-order valence-corrected chi connectivity index (χ4v) is 1.13. The Bertz CT molecular complexity index is 261. The predicted octanol–water partition coefficient (Wildman–Crippen LogP) is 0.514. The van der Waals surface area contributed by atoms with Crippen LogP contribution >= 0.6 is 12.4 Å².